The summed E-state index contributed by atoms with van der Waals surface area (Å²) in [5.74, 6) is 0. The van der Waals surface area contributed by atoms with Crippen molar-refractivity contribution in [3.05, 3.63) is 289 Å². The molecule has 0 aliphatic carbocycles. The molecular formula is C64H56Cl2Si2Zr2-2. The molecule has 0 aromatic heterocycles. The molecule has 0 aliphatic rings. The molecule has 6 heteroatoms. The average Bonchev–Trinajstić information content (AvgIpc) is 4.18. The molecule has 0 atom stereocenters. The number of hydrogen-bond acceptors (Lipinski definition) is 0. The van der Waals surface area contributed by atoms with E-state index in [1.165, 1.54) is 86.1 Å². The zero-order valence-corrected chi connectivity index (χ0v) is 48.6. The fraction of sp³-hybridized carbons (Fsp3) is 0.0625. The molecule has 0 fully saturated rings. The van der Waals surface area contributed by atoms with Gasteiger partial charge in [-0.25, -0.2) is 0 Å². The topological polar surface area (TPSA) is 0 Å². The Morgan fingerprint density at radius 1 is 0.257 bits per heavy atom. The van der Waals surface area contributed by atoms with E-state index in [1.54, 1.807) is 46.7 Å². The molecule has 344 valence electrons. The molecule has 0 saturated carbocycles. The van der Waals surface area contributed by atoms with Gasteiger partial charge in [-0.15, -0.1) is 162 Å². The van der Waals surface area contributed by atoms with Crippen LogP contribution in [0, 0.1) is 27.7 Å². The fourth-order valence-corrected chi connectivity index (χ4v) is 15.7. The number of rotatable bonds is 4. The second-order valence-corrected chi connectivity index (χ2v) is 28.0. The van der Waals surface area contributed by atoms with E-state index in [1.807, 2.05) is 0 Å². The third kappa shape index (κ3) is 17.1. The molecule has 0 unspecified atom stereocenters. The first-order valence-electron chi connectivity index (χ1n) is 23.1. The van der Waals surface area contributed by atoms with Crippen LogP contribution in [0.25, 0.3) is 43.1 Å². The van der Waals surface area contributed by atoms with Gasteiger partial charge in [-0.1, -0.05) is 52.0 Å². The van der Waals surface area contributed by atoms with Crippen LogP contribution in [0.2, 0.25) is 0 Å². The average molecular weight is 1130 g/mol. The fourth-order valence-electron chi connectivity index (χ4n) is 7.98. The van der Waals surface area contributed by atoms with Crippen LogP contribution in [0.3, 0.4) is 0 Å². The Morgan fingerprint density at radius 2 is 0.429 bits per heavy atom. The molecule has 0 bridgehead atoms. The first kappa shape index (κ1) is 55.9. The Morgan fingerprint density at radius 3 is 0.614 bits per heavy atom. The van der Waals surface area contributed by atoms with E-state index in [-0.39, 0.29) is 24.8 Å². The third-order valence-electron chi connectivity index (χ3n) is 11.3. The van der Waals surface area contributed by atoms with Crippen LogP contribution in [0.1, 0.15) is 22.3 Å². The SMILES string of the molecule is Cc1cc2ccccc2[cH-]1.Cc1cc2ccccc2[cH-]1.Cc1cc2ccccc2[cH-]1.Cc1cc2ccccc2[cH-]1.[Cl-].[Cl-].[Zr+2]=[Si](c1ccccc1)c1ccccc1.[Zr+2]=[Si](c1ccccc1)c1ccccc1. The van der Waals surface area contributed by atoms with Crippen molar-refractivity contribution in [3.8, 4) is 0 Å². The van der Waals surface area contributed by atoms with Crippen LogP contribution in [0.5, 0.6) is 0 Å². The van der Waals surface area contributed by atoms with Crippen LogP contribution in [0.15, 0.2) is 267 Å². The van der Waals surface area contributed by atoms with E-state index < -0.39 is 10.9 Å². The molecule has 12 aromatic rings. The van der Waals surface area contributed by atoms with E-state index >= 15 is 0 Å². The second-order valence-electron chi connectivity index (χ2n) is 16.9. The zero-order valence-electron chi connectivity index (χ0n) is 40.2. The van der Waals surface area contributed by atoms with Gasteiger partial charge in [0.2, 0.25) is 0 Å². The van der Waals surface area contributed by atoms with E-state index in [4.69, 9.17) is 0 Å². The van der Waals surface area contributed by atoms with Gasteiger partial charge >= 0.3 is 200 Å². The quantitative estimate of drug-likeness (QED) is 0.124. The Labute approximate surface area is 458 Å². The summed E-state index contributed by atoms with van der Waals surface area (Å²) in [7, 11) is 0. The Kier molecular flexibility index (Phi) is 23.4. The number of hydrogen-bond donors (Lipinski definition) is 0. The second kappa shape index (κ2) is 29.4. The Hall–Kier alpha value is -5.02. The molecule has 0 radical (unpaired) electrons. The van der Waals surface area contributed by atoms with Crippen molar-refractivity contribution >= 4 is 74.7 Å². The monoisotopic (exact) mass is 1130 g/mol. The molecule has 70 heavy (non-hydrogen) atoms. The maximum atomic E-state index is 2.25. The van der Waals surface area contributed by atoms with Crippen molar-refractivity contribution in [3.63, 3.8) is 0 Å². The van der Waals surface area contributed by atoms with E-state index in [0.717, 1.165) is 0 Å². The van der Waals surface area contributed by atoms with Gasteiger partial charge in [-0.2, -0.15) is 24.3 Å². The van der Waals surface area contributed by atoms with Crippen molar-refractivity contribution in [2.24, 2.45) is 0 Å². The number of benzene rings is 8. The van der Waals surface area contributed by atoms with E-state index in [2.05, 4.69) is 295 Å². The Bertz CT molecular complexity index is 2830. The predicted octanol–water partition coefficient (Wildman–Crippen LogP) is 8.15. The summed E-state index contributed by atoms with van der Waals surface area (Å²) in [6, 6.07) is 94.7. The van der Waals surface area contributed by atoms with Crippen LogP contribution < -0.4 is 45.6 Å². The summed E-state index contributed by atoms with van der Waals surface area (Å²) in [5, 5.41) is 16.8. The van der Waals surface area contributed by atoms with Gasteiger partial charge in [-0.3, -0.25) is 0 Å². The minimum atomic E-state index is -0.455. The standard InChI is InChI=1S/2C12H10Si.4C10H9.2ClH.2Zr/c2*1-3-7-11(8-4-1)13-12-9-5-2-6-10-12;4*1-8-6-9-4-2-3-5-10(9)7-8;;;;/h2*1-10H;4*2-7H,1H3;2*1H;;/q;;4*-1;;;2*+2/p-2. The molecule has 0 aliphatic heterocycles. The van der Waals surface area contributed by atoms with Gasteiger partial charge in [-0.05, 0) is 0 Å². The molecule has 0 heterocycles. The number of aryl methyl sites for hydroxylation is 4. The van der Waals surface area contributed by atoms with Crippen LogP contribution in [-0.4, -0.2) is 10.9 Å². The molecule has 12 rings (SSSR count). The summed E-state index contributed by atoms with van der Waals surface area (Å²) >= 11 is 3.29. The van der Waals surface area contributed by atoms with Crippen molar-refractivity contribution < 1.29 is 71.5 Å². The first-order valence-corrected chi connectivity index (χ1v) is 33.4. The molecule has 0 N–H and O–H groups in total. The summed E-state index contributed by atoms with van der Waals surface area (Å²) in [6.45, 7) is 8.50. The van der Waals surface area contributed by atoms with Crippen molar-refractivity contribution in [2.75, 3.05) is 0 Å². The first-order chi connectivity index (χ1) is 33.2. The predicted molar refractivity (Wildman–Crippen MR) is 293 cm³/mol. The zero-order chi connectivity index (χ0) is 47.5. The van der Waals surface area contributed by atoms with Crippen molar-refractivity contribution in [2.45, 2.75) is 27.7 Å². The summed E-state index contributed by atoms with van der Waals surface area (Å²) in [4.78, 5) is 0. The Balaban J connectivity index is 0.000000157. The molecule has 12 aromatic carbocycles. The molecular weight excluding hydrogens is 1080 g/mol. The minimum absolute atomic E-state index is 0. The number of halogens is 2. The van der Waals surface area contributed by atoms with E-state index in [0.29, 0.717) is 0 Å². The van der Waals surface area contributed by atoms with Crippen LogP contribution >= 0.6 is 0 Å². The van der Waals surface area contributed by atoms with Gasteiger partial charge in [0.25, 0.3) is 0 Å². The third-order valence-corrected chi connectivity index (χ3v) is 23.5. The van der Waals surface area contributed by atoms with Gasteiger partial charge in [0.1, 0.15) is 0 Å². The van der Waals surface area contributed by atoms with Gasteiger partial charge in [0.15, 0.2) is 0 Å². The summed E-state index contributed by atoms with van der Waals surface area (Å²) < 4.78 is 0. The summed E-state index contributed by atoms with van der Waals surface area (Å²) in [6.07, 6.45) is 0. The molecule has 0 saturated heterocycles. The maximum absolute atomic E-state index is 2.25. The molecule has 0 nitrogen and oxygen atoms in total. The van der Waals surface area contributed by atoms with Crippen molar-refractivity contribution in [1.82, 2.24) is 0 Å². The van der Waals surface area contributed by atoms with Gasteiger partial charge < -0.3 is 24.8 Å². The normalized spacial score (nSPS) is 9.94. The number of fused-ring (bicyclic) bond motifs is 4. The molecule has 0 amide bonds. The van der Waals surface area contributed by atoms with Crippen molar-refractivity contribution in [1.29, 1.82) is 0 Å². The van der Waals surface area contributed by atoms with Gasteiger partial charge in [0, 0.05) is 0 Å². The van der Waals surface area contributed by atoms with E-state index in [9.17, 15) is 0 Å². The van der Waals surface area contributed by atoms with Crippen LogP contribution in [0.4, 0.5) is 0 Å². The summed E-state index contributed by atoms with van der Waals surface area (Å²) in [5.41, 5.74) is 4.48. The van der Waals surface area contributed by atoms with Crippen LogP contribution in [-0.2, 0) is 46.7 Å². The molecule has 0 spiro atoms. The van der Waals surface area contributed by atoms with Gasteiger partial charge in [0.05, 0.1) is 0 Å².